The van der Waals surface area contributed by atoms with Gasteiger partial charge in [-0.3, -0.25) is 0 Å². The van der Waals surface area contributed by atoms with Crippen LogP contribution in [0.2, 0.25) is 0 Å². The van der Waals surface area contributed by atoms with Crippen LogP contribution < -0.4 is 15.4 Å². The first kappa shape index (κ1) is 22.5. The average Bonchev–Trinajstić information content (AvgIpc) is 3.49. The molecule has 7 nitrogen and oxygen atoms in total. The van der Waals surface area contributed by atoms with E-state index in [1.165, 1.54) is 36.1 Å². The van der Waals surface area contributed by atoms with Gasteiger partial charge in [-0.25, -0.2) is 0 Å². The van der Waals surface area contributed by atoms with E-state index in [9.17, 15) is 0 Å². The summed E-state index contributed by atoms with van der Waals surface area (Å²) in [5, 5.41) is 12.3. The van der Waals surface area contributed by atoms with Crippen LogP contribution >= 0.6 is 11.8 Å². The molecule has 3 aromatic rings. The Hall–Kier alpha value is -2.32. The lowest BCUT2D eigenvalue weighted by Crippen LogP contribution is -2.37. The maximum Gasteiger partial charge on any atom is 0.322 e. The van der Waals surface area contributed by atoms with Crippen LogP contribution in [0.15, 0.2) is 35.4 Å². The molecular weight excluding hydrogens is 432 g/mol. The summed E-state index contributed by atoms with van der Waals surface area (Å²) in [6, 6.07) is 9.12. The summed E-state index contributed by atoms with van der Waals surface area (Å²) in [5.41, 5.74) is 3.20. The van der Waals surface area contributed by atoms with E-state index in [0.29, 0.717) is 24.4 Å². The number of hydrogen-bond acceptors (Lipinski definition) is 7. The van der Waals surface area contributed by atoms with Crippen molar-refractivity contribution in [1.29, 1.82) is 0 Å². The zero-order valence-electron chi connectivity index (χ0n) is 19.6. The summed E-state index contributed by atoms with van der Waals surface area (Å²) in [4.78, 5) is 10.8. The van der Waals surface area contributed by atoms with Gasteiger partial charge < -0.3 is 15.4 Å². The molecule has 8 heteroatoms. The number of fused-ring (bicyclic) bond motifs is 1. The van der Waals surface area contributed by atoms with Crippen molar-refractivity contribution < 1.29 is 4.74 Å². The third-order valence-corrected chi connectivity index (χ3v) is 7.98. The molecule has 1 aliphatic heterocycles. The summed E-state index contributed by atoms with van der Waals surface area (Å²) in [6.07, 6.45) is 9.48. The SMILES string of the molecule is CC(C)c1cnn2c(NCc3ccccc3SC3CCCC3)nc(OC3CCCNC3)nc12. The van der Waals surface area contributed by atoms with E-state index < -0.39 is 0 Å². The molecule has 0 bridgehead atoms. The lowest BCUT2D eigenvalue weighted by Gasteiger charge is -2.23. The molecule has 33 heavy (non-hydrogen) atoms. The van der Waals surface area contributed by atoms with Crippen molar-refractivity contribution in [2.75, 3.05) is 18.4 Å². The van der Waals surface area contributed by atoms with Crippen molar-refractivity contribution in [3.8, 4) is 6.01 Å². The molecule has 1 saturated carbocycles. The number of thioether (sulfide) groups is 1. The molecule has 2 N–H and O–H groups in total. The zero-order valence-corrected chi connectivity index (χ0v) is 20.4. The highest BCUT2D eigenvalue weighted by Crippen LogP contribution is 2.36. The van der Waals surface area contributed by atoms with E-state index >= 15 is 0 Å². The van der Waals surface area contributed by atoms with Crippen LogP contribution in [0, 0.1) is 0 Å². The Balaban J connectivity index is 1.40. The molecular formula is C25H34N6OS. The van der Waals surface area contributed by atoms with Crippen molar-refractivity contribution in [1.82, 2.24) is 24.9 Å². The van der Waals surface area contributed by atoms with E-state index in [0.717, 1.165) is 42.4 Å². The van der Waals surface area contributed by atoms with Gasteiger partial charge in [0.1, 0.15) is 6.10 Å². The first-order valence-corrected chi connectivity index (χ1v) is 13.2. The molecule has 0 radical (unpaired) electrons. The standard InChI is InChI=1S/C25H34N6OS/c1-17(2)21-16-28-31-23(21)29-25(32-19-9-7-13-26-15-19)30-24(31)27-14-18-8-3-6-12-22(18)33-20-10-4-5-11-20/h3,6,8,12,16-17,19-20,26H,4-5,7,9-11,13-15H2,1-2H3,(H,27,29,30). The summed E-state index contributed by atoms with van der Waals surface area (Å²) < 4.78 is 8.02. The minimum absolute atomic E-state index is 0.100. The van der Waals surface area contributed by atoms with Gasteiger partial charge in [-0.1, -0.05) is 44.9 Å². The fourth-order valence-electron chi connectivity index (χ4n) is 4.64. The zero-order chi connectivity index (χ0) is 22.6. The molecule has 5 rings (SSSR count). The van der Waals surface area contributed by atoms with E-state index in [-0.39, 0.29) is 6.10 Å². The number of aromatic nitrogens is 4. The van der Waals surface area contributed by atoms with Crippen molar-refractivity contribution >= 4 is 23.4 Å². The van der Waals surface area contributed by atoms with Crippen molar-refractivity contribution in [3.05, 3.63) is 41.6 Å². The van der Waals surface area contributed by atoms with Gasteiger partial charge in [-0.2, -0.15) is 19.6 Å². The molecule has 2 aliphatic rings. The second-order valence-electron chi connectivity index (χ2n) is 9.39. The van der Waals surface area contributed by atoms with Crippen molar-refractivity contribution in [2.45, 2.75) is 81.1 Å². The quantitative estimate of drug-likeness (QED) is 0.482. The monoisotopic (exact) mass is 466 g/mol. The molecule has 2 aromatic heterocycles. The second-order valence-corrected chi connectivity index (χ2v) is 10.7. The van der Waals surface area contributed by atoms with Crippen molar-refractivity contribution in [2.24, 2.45) is 0 Å². The Morgan fingerprint density at radius 3 is 2.79 bits per heavy atom. The number of rotatable bonds is 8. The topological polar surface area (TPSA) is 76.4 Å². The molecule has 3 heterocycles. The maximum atomic E-state index is 6.20. The molecule has 1 saturated heterocycles. The Morgan fingerprint density at radius 2 is 2.00 bits per heavy atom. The molecule has 1 atom stereocenters. The Morgan fingerprint density at radius 1 is 1.15 bits per heavy atom. The van der Waals surface area contributed by atoms with Crippen LogP contribution in [0.5, 0.6) is 6.01 Å². The third-order valence-electron chi connectivity index (χ3n) is 6.53. The van der Waals surface area contributed by atoms with Gasteiger partial charge in [0.2, 0.25) is 5.95 Å². The maximum absolute atomic E-state index is 6.20. The van der Waals surface area contributed by atoms with Gasteiger partial charge in [-0.15, -0.1) is 11.8 Å². The van der Waals surface area contributed by atoms with E-state index in [4.69, 9.17) is 14.7 Å². The summed E-state index contributed by atoms with van der Waals surface area (Å²) >= 11 is 2.02. The molecule has 2 fully saturated rings. The lowest BCUT2D eigenvalue weighted by molar-refractivity contribution is 0.153. The molecule has 1 aliphatic carbocycles. The third kappa shape index (κ3) is 5.27. The highest BCUT2D eigenvalue weighted by molar-refractivity contribution is 8.00. The normalized spacial score (nSPS) is 19.4. The first-order chi connectivity index (χ1) is 16.2. The van der Waals surface area contributed by atoms with E-state index in [1.807, 2.05) is 22.5 Å². The minimum Gasteiger partial charge on any atom is -0.459 e. The van der Waals surface area contributed by atoms with Gasteiger partial charge in [0, 0.05) is 28.8 Å². The van der Waals surface area contributed by atoms with Crippen LogP contribution in [-0.4, -0.2) is 44.0 Å². The Kier molecular flexibility index (Phi) is 7.02. The predicted molar refractivity (Wildman–Crippen MR) is 133 cm³/mol. The predicted octanol–water partition coefficient (Wildman–Crippen LogP) is 5.03. The minimum atomic E-state index is 0.100. The summed E-state index contributed by atoms with van der Waals surface area (Å²) in [6.45, 7) is 6.89. The number of anilines is 1. The van der Waals surface area contributed by atoms with Crippen LogP contribution in [0.1, 0.15) is 69.4 Å². The van der Waals surface area contributed by atoms with Crippen LogP contribution in [-0.2, 0) is 6.54 Å². The number of hydrogen-bond donors (Lipinski definition) is 2. The number of benzene rings is 1. The van der Waals surface area contributed by atoms with Gasteiger partial charge in [0.15, 0.2) is 5.65 Å². The van der Waals surface area contributed by atoms with Gasteiger partial charge >= 0.3 is 6.01 Å². The summed E-state index contributed by atoms with van der Waals surface area (Å²) in [7, 11) is 0. The number of ether oxygens (including phenoxy) is 1. The number of nitrogens with one attached hydrogen (secondary N) is 2. The van der Waals surface area contributed by atoms with E-state index in [1.54, 1.807) is 0 Å². The highest BCUT2D eigenvalue weighted by Gasteiger charge is 2.21. The largest absolute Gasteiger partial charge is 0.459 e. The second kappa shape index (κ2) is 10.3. The van der Waals surface area contributed by atoms with Crippen molar-refractivity contribution in [3.63, 3.8) is 0 Å². The molecule has 0 spiro atoms. The van der Waals surface area contributed by atoms with E-state index in [2.05, 4.69) is 53.8 Å². The fraction of sp³-hybridized carbons (Fsp3) is 0.560. The Labute approximate surface area is 200 Å². The lowest BCUT2D eigenvalue weighted by atomic mass is 10.1. The van der Waals surface area contributed by atoms with Gasteiger partial charge in [0.25, 0.3) is 0 Å². The van der Waals surface area contributed by atoms with Gasteiger partial charge in [0.05, 0.1) is 6.20 Å². The molecule has 0 amide bonds. The number of nitrogens with zero attached hydrogens (tertiary/aromatic N) is 4. The molecule has 1 aromatic carbocycles. The first-order valence-electron chi connectivity index (χ1n) is 12.3. The Bertz CT molecular complexity index is 1070. The molecule has 1 unspecified atom stereocenters. The highest BCUT2D eigenvalue weighted by atomic mass is 32.2. The smallest absolute Gasteiger partial charge is 0.322 e. The van der Waals surface area contributed by atoms with Crippen LogP contribution in [0.4, 0.5) is 5.95 Å². The average molecular weight is 467 g/mol. The van der Waals surface area contributed by atoms with Crippen LogP contribution in [0.3, 0.4) is 0 Å². The van der Waals surface area contributed by atoms with Gasteiger partial charge in [-0.05, 0) is 49.8 Å². The number of piperidine rings is 1. The molecule has 176 valence electrons. The fourth-order valence-corrected chi connectivity index (χ4v) is 6.02. The van der Waals surface area contributed by atoms with Crippen LogP contribution in [0.25, 0.3) is 5.65 Å². The summed E-state index contributed by atoms with van der Waals surface area (Å²) in [5.74, 6) is 0.990.